The Labute approximate surface area is 78.5 Å². The lowest BCUT2D eigenvalue weighted by atomic mass is 10.1. The summed E-state index contributed by atoms with van der Waals surface area (Å²) in [6, 6.07) is 0.160. The number of methoxy groups -OCH3 is 1. The van der Waals surface area contributed by atoms with E-state index in [0.717, 1.165) is 19.4 Å². The van der Waals surface area contributed by atoms with E-state index in [1.54, 1.807) is 11.8 Å². The van der Waals surface area contributed by atoms with Crippen LogP contribution in [0.25, 0.3) is 0 Å². The summed E-state index contributed by atoms with van der Waals surface area (Å²) in [4.78, 5) is 12.9. The van der Waals surface area contributed by atoms with E-state index < -0.39 is 0 Å². The van der Waals surface area contributed by atoms with Gasteiger partial charge in [0.2, 0.25) is 0 Å². The number of rotatable bonds is 2. The molecule has 1 heterocycles. The fourth-order valence-corrected chi connectivity index (χ4v) is 1.83. The predicted molar refractivity (Wildman–Crippen MR) is 48.4 cm³/mol. The summed E-state index contributed by atoms with van der Waals surface area (Å²) in [6.07, 6.45) is 2.00. The van der Waals surface area contributed by atoms with Gasteiger partial charge in [0.05, 0.1) is 13.2 Å². The second kappa shape index (κ2) is 4.46. The van der Waals surface area contributed by atoms with Crippen molar-refractivity contribution in [3.8, 4) is 0 Å². The molecule has 0 aromatic carbocycles. The van der Waals surface area contributed by atoms with Gasteiger partial charge in [-0.25, -0.2) is 4.79 Å². The summed E-state index contributed by atoms with van der Waals surface area (Å²) in [5.41, 5.74) is 0. The maximum absolute atomic E-state index is 11.2. The molecule has 4 heteroatoms. The third-order valence-electron chi connectivity index (χ3n) is 2.40. The zero-order valence-corrected chi connectivity index (χ0v) is 8.19. The number of carbonyl (C=O) groups is 1. The highest BCUT2D eigenvalue weighted by molar-refractivity contribution is 5.68. The summed E-state index contributed by atoms with van der Waals surface area (Å²) < 4.78 is 4.65. The molecule has 1 aliphatic heterocycles. The average Bonchev–Trinajstić information content (AvgIpc) is 2.50. The van der Waals surface area contributed by atoms with Gasteiger partial charge in [0.1, 0.15) is 0 Å². The van der Waals surface area contributed by atoms with Crippen molar-refractivity contribution in [2.45, 2.75) is 38.3 Å². The first-order valence-electron chi connectivity index (χ1n) is 4.67. The number of aliphatic hydroxyl groups is 1. The molecule has 1 amide bonds. The number of carbonyl (C=O) groups excluding carboxylic acids is 1. The summed E-state index contributed by atoms with van der Waals surface area (Å²) in [5, 5.41) is 9.21. The molecule has 1 N–H and O–H groups in total. The van der Waals surface area contributed by atoms with Gasteiger partial charge in [-0.2, -0.15) is 0 Å². The monoisotopic (exact) mass is 187 g/mol. The van der Waals surface area contributed by atoms with Crippen molar-refractivity contribution in [3.63, 3.8) is 0 Å². The lowest BCUT2D eigenvalue weighted by Gasteiger charge is -2.23. The van der Waals surface area contributed by atoms with Crippen molar-refractivity contribution in [2.75, 3.05) is 13.7 Å². The Morgan fingerprint density at radius 3 is 3.00 bits per heavy atom. The first-order chi connectivity index (χ1) is 6.15. The minimum Gasteiger partial charge on any atom is -0.453 e. The Morgan fingerprint density at radius 1 is 1.77 bits per heavy atom. The molecule has 0 radical (unpaired) electrons. The molecule has 1 aliphatic rings. The van der Waals surface area contributed by atoms with Gasteiger partial charge in [-0.15, -0.1) is 0 Å². The highest BCUT2D eigenvalue weighted by Gasteiger charge is 2.29. The van der Waals surface area contributed by atoms with Crippen molar-refractivity contribution in [1.29, 1.82) is 0 Å². The second-order valence-corrected chi connectivity index (χ2v) is 3.54. The maximum Gasteiger partial charge on any atom is 0.409 e. The van der Waals surface area contributed by atoms with E-state index in [0.29, 0.717) is 6.42 Å². The largest absolute Gasteiger partial charge is 0.453 e. The lowest BCUT2D eigenvalue weighted by Crippen LogP contribution is -2.37. The van der Waals surface area contributed by atoms with Gasteiger partial charge in [-0.05, 0) is 26.2 Å². The molecule has 0 spiro atoms. The minimum atomic E-state index is -0.352. The van der Waals surface area contributed by atoms with Crippen molar-refractivity contribution in [3.05, 3.63) is 0 Å². The Kier molecular flexibility index (Phi) is 3.54. The molecule has 76 valence electrons. The molecule has 2 atom stereocenters. The number of ether oxygens (including phenoxy) is 1. The molecular formula is C9H17NO3. The molecule has 0 aliphatic carbocycles. The van der Waals surface area contributed by atoms with Gasteiger partial charge in [0, 0.05) is 12.6 Å². The number of likely N-dealkylation sites (tertiary alicyclic amines) is 1. The van der Waals surface area contributed by atoms with Gasteiger partial charge in [0.25, 0.3) is 0 Å². The second-order valence-electron chi connectivity index (χ2n) is 3.54. The van der Waals surface area contributed by atoms with Crippen molar-refractivity contribution in [2.24, 2.45) is 0 Å². The van der Waals surface area contributed by atoms with Gasteiger partial charge in [-0.3, -0.25) is 0 Å². The number of amides is 1. The SMILES string of the molecule is COC(=O)N1CCC[C@H]1C[C@@H](C)O. The summed E-state index contributed by atoms with van der Waals surface area (Å²) >= 11 is 0. The maximum atomic E-state index is 11.2. The quantitative estimate of drug-likeness (QED) is 0.701. The molecular weight excluding hydrogens is 170 g/mol. The topological polar surface area (TPSA) is 49.8 Å². The third-order valence-corrected chi connectivity index (χ3v) is 2.40. The third kappa shape index (κ3) is 2.59. The Balaban J connectivity index is 2.48. The van der Waals surface area contributed by atoms with Gasteiger partial charge >= 0.3 is 6.09 Å². The van der Waals surface area contributed by atoms with E-state index in [4.69, 9.17) is 0 Å². The zero-order valence-electron chi connectivity index (χ0n) is 8.19. The average molecular weight is 187 g/mol. The van der Waals surface area contributed by atoms with E-state index in [1.165, 1.54) is 7.11 Å². The highest BCUT2D eigenvalue weighted by atomic mass is 16.5. The Morgan fingerprint density at radius 2 is 2.46 bits per heavy atom. The molecule has 0 unspecified atom stereocenters. The zero-order chi connectivity index (χ0) is 9.84. The molecule has 0 aromatic heterocycles. The predicted octanol–water partition coefficient (Wildman–Crippen LogP) is 0.988. The molecule has 0 aromatic rings. The van der Waals surface area contributed by atoms with Crippen LogP contribution in [0.4, 0.5) is 4.79 Å². The van der Waals surface area contributed by atoms with Crippen LogP contribution in [-0.4, -0.2) is 41.9 Å². The first-order valence-corrected chi connectivity index (χ1v) is 4.67. The smallest absolute Gasteiger partial charge is 0.409 e. The molecule has 1 saturated heterocycles. The van der Waals surface area contributed by atoms with E-state index in [-0.39, 0.29) is 18.2 Å². The molecule has 0 saturated carbocycles. The molecule has 13 heavy (non-hydrogen) atoms. The van der Waals surface area contributed by atoms with Crippen LogP contribution in [0.1, 0.15) is 26.2 Å². The summed E-state index contributed by atoms with van der Waals surface area (Å²) in [7, 11) is 1.39. The van der Waals surface area contributed by atoms with Crippen molar-refractivity contribution >= 4 is 6.09 Å². The van der Waals surface area contributed by atoms with Crippen LogP contribution >= 0.6 is 0 Å². The highest BCUT2D eigenvalue weighted by Crippen LogP contribution is 2.21. The van der Waals surface area contributed by atoms with E-state index in [2.05, 4.69) is 4.74 Å². The van der Waals surface area contributed by atoms with E-state index >= 15 is 0 Å². The molecule has 1 rings (SSSR count). The standard InChI is InChI=1S/C9H17NO3/c1-7(11)6-8-4-3-5-10(8)9(12)13-2/h7-8,11H,3-6H2,1-2H3/t7-,8+/m1/s1. The summed E-state index contributed by atoms with van der Waals surface area (Å²) in [6.45, 7) is 2.50. The van der Waals surface area contributed by atoms with E-state index in [9.17, 15) is 9.90 Å². The molecule has 4 nitrogen and oxygen atoms in total. The summed E-state index contributed by atoms with van der Waals surface area (Å²) in [5.74, 6) is 0. The Hall–Kier alpha value is -0.770. The van der Waals surface area contributed by atoms with Crippen LogP contribution in [0.15, 0.2) is 0 Å². The van der Waals surface area contributed by atoms with E-state index in [1.807, 2.05) is 0 Å². The van der Waals surface area contributed by atoms with Crippen molar-refractivity contribution in [1.82, 2.24) is 4.90 Å². The number of aliphatic hydroxyl groups excluding tert-OH is 1. The first kappa shape index (κ1) is 10.3. The normalized spacial score (nSPS) is 24.5. The van der Waals surface area contributed by atoms with Gasteiger partial charge in [-0.1, -0.05) is 0 Å². The molecule has 1 fully saturated rings. The van der Waals surface area contributed by atoms with Crippen LogP contribution in [0.3, 0.4) is 0 Å². The number of hydrogen-bond acceptors (Lipinski definition) is 3. The van der Waals surface area contributed by atoms with Gasteiger partial charge < -0.3 is 14.7 Å². The lowest BCUT2D eigenvalue weighted by molar-refractivity contribution is 0.0994. The van der Waals surface area contributed by atoms with Crippen LogP contribution in [0, 0.1) is 0 Å². The molecule has 0 bridgehead atoms. The number of hydrogen-bond donors (Lipinski definition) is 1. The van der Waals surface area contributed by atoms with Crippen molar-refractivity contribution < 1.29 is 14.6 Å². The van der Waals surface area contributed by atoms with Crippen LogP contribution in [0.5, 0.6) is 0 Å². The number of nitrogens with zero attached hydrogens (tertiary/aromatic N) is 1. The fraction of sp³-hybridized carbons (Fsp3) is 0.889. The van der Waals surface area contributed by atoms with Crippen LogP contribution < -0.4 is 0 Å². The van der Waals surface area contributed by atoms with Crippen LogP contribution in [0.2, 0.25) is 0 Å². The minimum absolute atomic E-state index is 0.160. The van der Waals surface area contributed by atoms with Gasteiger partial charge in [0.15, 0.2) is 0 Å². The Bertz CT molecular complexity index is 182. The fourth-order valence-electron chi connectivity index (χ4n) is 1.83. The van der Waals surface area contributed by atoms with Crippen LogP contribution in [-0.2, 0) is 4.74 Å².